The number of ether oxygens (including phenoxy) is 1. The number of benzene rings is 1. The average Bonchev–Trinajstić information content (AvgIpc) is 3.01. The lowest BCUT2D eigenvalue weighted by atomic mass is 10.2. The van der Waals surface area contributed by atoms with E-state index in [2.05, 4.69) is 4.72 Å². The molecule has 2 N–H and O–H groups in total. The first kappa shape index (κ1) is 17.2. The molecule has 0 aliphatic rings. The fourth-order valence-corrected chi connectivity index (χ4v) is 3.99. The van der Waals surface area contributed by atoms with Crippen molar-refractivity contribution in [3.05, 3.63) is 45.6 Å². The van der Waals surface area contributed by atoms with Crippen LogP contribution in [0.1, 0.15) is 17.4 Å². The predicted molar refractivity (Wildman–Crippen MR) is 87.1 cm³/mol. The third-order valence-corrected chi connectivity index (χ3v) is 5.74. The molecule has 120 valence electrons. The minimum Gasteiger partial charge on any atom is -0.495 e. The van der Waals surface area contributed by atoms with Crippen molar-refractivity contribution in [3.8, 4) is 5.75 Å². The van der Waals surface area contributed by atoms with Gasteiger partial charge in [-0.1, -0.05) is 17.7 Å². The summed E-state index contributed by atoms with van der Waals surface area (Å²) in [7, 11) is -2.21. The fraction of sp³-hybridized carbons (Fsp3) is 0.286. The summed E-state index contributed by atoms with van der Waals surface area (Å²) in [5.41, 5.74) is 0. The van der Waals surface area contributed by atoms with Crippen molar-refractivity contribution in [2.45, 2.75) is 17.4 Å². The van der Waals surface area contributed by atoms with Crippen LogP contribution in [0.25, 0.3) is 0 Å². The van der Waals surface area contributed by atoms with Crippen LogP contribution in [0.15, 0.2) is 40.6 Å². The molecule has 8 heteroatoms. The van der Waals surface area contributed by atoms with E-state index in [0.29, 0.717) is 12.2 Å². The van der Waals surface area contributed by atoms with Gasteiger partial charge in [0, 0.05) is 11.4 Å². The summed E-state index contributed by atoms with van der Waals surface area (Å²) < 4.78 is 31.8. The first-order chi connectivity index (χ1) is 10.4. The number of halogens is 1. The van der Waals surface area contributed by atoms with E-state index in [4.69, 9.17) is 16.3 Å². The van der Waals surface area contributed by atoms with E-state index in [1.165, 1.54) is 36.6 Å². The summed E-state index contributed by atoms with van der Waals surface area (Å²) in [6, 6.07) is 7.90. The molecule has 0 saturated heterocycles. The maximum absolute atomic E-state index is 12.2. The molecule has 1 heterocycles. The monoisotopic (exact) mass is 361 g/mol. The van der Waals surface area contributed by atoms with Gasteiger partial charge < -0.3 is 9.84 Å². The van der Waals surface area contributed by atoms with Gasteiger partial charge in [0.25, 0.3) is 0 Å². The Balaban J connectivity index is 1.98. The summed E-state index contributed by atoms with van der Waals surface area (Å²) in [5, 5.41) is 12.0. The zero-order chi connectivity index (χ0) is 16.2. The molecule has 22 heavy (non-hydrogen) atoms. The van der Waals surface area contributed by atoms with Gasteiger partial charge in [0.2, 0.25) is 10.0 Å². The fourth-order valence-electron chi connectivity index (χ4n) is 1.85. The largest absolute Gasteiger partial charge is 0.495 e. The topological polar surface area (TPSA) is 75.6 Å². The van der Waals surface area contributed by atoms with Crippen molar-refractivity contribution >= 4 is 33.0 Å². The van der Waals surface area contributed by atoms with Crippen LogP contribution >= 0.6 is 22.9 Å². The number of nitrogens with one attached hydrogen (secondary N) is 1. The van der Waals surface area contributed by atoms with Gasteiger partial charge in [0.05, 0.1) is 23.1 Å². The zero-order valence-electron chi connectivity index (χ0n) is 11.8. The van der Waals surface area contributed by atoms with E-state index < -0.39 is 16.1 Å². The van der Waals surface area contributed by atoms with Crippen LogP contribution in [0.5, 0.6) is 5.75 Å². The van der Waals surface area contributed by atoms with Gasteiger partial charge in [-0.3, -0.25) is 0 Å². The molecule has 0 fully saturated rings. The molecule has 2 aromatic rings. The first-order valence-corrected chi connectivity index (χ1v) is 9.23. The van der Waals surface area contributed by atoms with Gasteiger partial charge >= 0.3 is 0 Å². The van der Waals surface area contributed by atoms with Gasteiger partial charge in [-0.15, -0.1) is 11.3 Å². The Kier molecular flexibility index (Phi) is 5.82. The van der Waals surface area contributed by atoms with Crippen molar-refractivity contribution < 1.29 is 18.3 Å². The second-order valence-corrected chi connectivity index (χ2v) is 7.67. The van der Waals surface area contributed by atoms with Gasteiger partial charge in [-0.2, -0.15) is 0 Å². The third-order valence-electron chi connectivity index (χ3n) is 3.02. The molecule has 1 unspecified atom stereocenters. The van der Waals surface area contributed by atoms with Crippen LogP contribution in [0, 0.1) is 0 Å². The highest BCUT2D eigenvalue weighted by Gasteiger charge is 2.17. The lowest BCUT2D eigenvalue weighted by Gasteiger charge is -2.11. The molecule has 1 aromatic heterocycles. The number of sulfonamides is 1. The maximum Gasteiger partial charge on any atom is 0.240 e. The molecule has 0 aliphatic carbocycles. The Morgan fingerprint density at radius 3 is 2.77 bits per heavy atom. The van der Waals surface area contributed by atoms with Crippen molar-refractivity contribution in [1.29, 1.82) is 0 Å². The summed E-state index contributed by atoms with van der Waals surface area (Å²) >= 11 is 7.36. The SMILES string of the molecule is COc1ccc(S(=O)(=O)NCCC(O)c2cccs2)cc1Cl. The standard InChI is InChI=1S/C14H16ClNO4S2/c1-20-13-5-4-10(9-11(13)15)22(18,19)16-7-6-12(17)14-3-2-8-21-14/h2-5,8-9,12,16-17H,6-7H2,1H3. The van der Waals surface area contributed by atoms with Crippen molar-refractivity contribution in [1.82, 2.24) is 4.72 Å². The van der Waals surface area contributed by atoms with Crippen molar-refractivity contribution in [3.63, 3.8) is 0 Å². The Morgan fingerprint density at radius 2 is 2.18 bits per heavy atom. The highest BCUT2D eigenvalue weighted by molar-refractivity contribution is 7.89. The van der Waals surface area contributed by atoms with Crippen LogP contribution in [-0.2, 0) is 10.0 Å². The molecule has 0 bridgehead atoms. The highest BCUT2D eigenvalue weighted by Crippen LogP contribution is 2.27. The van der Waals surface area contributed by atoms with E-state index in [0.717, 1.165) is 4.88 Å². The van der Waals surface area contributed by atoms with Crippen LogP contribution in [-0.4, -0.2) is 27.2 Å². The molecule has 0 saturated carbocycles. The number of hydrogen-bond acceptors (Lipinski definition) is 5. The molecule has 0 spiro atoms. The summed E-state index contributed by atoms with van der Waals surface area (Å²) in [5.74, 6) is 0.411. The van der Waals surface area contributed by atoms with Gasteiger partial charge in [-0.25, -0.2) is 13.1 Å². The van der Waals surface area contributed by atoms with Crippen LogP contribution in [0.4, 0.5) is 0 Å². The summed E-state index contributed by atoms with van der Waals surface area (Å²) in [4.78, 5) is 0.871. The Labute approximate surface area is 138 Å². The minimum absolute atomic E-state index is 0.0592. The number of aliphatic hydroxyl groups excluding tert-OH is 1. The van der Waals surface area contributed by atoms with Crippen LogP contribution in [0.2, 0.25) is 5.02 Å². The Morgan fingerprint density at radius 1 is 1.41 bits per heavy atom. The quantitative estimate of drug-likeness (QED) is 0.795. The minimum atomic E-state index is -3.67. The molecule has 0 amide bonds. The lowest BCUT2D eigenvalue weighted by molar-refractivity contribution is 0.173. The molecule has 5 nitrogen and oxygen atoms in total. The lowest BCUT2D eigenvalue weighted by Crippen LogP contribution is -2.25. The van der Waals surface area contributed by atoms with Gasteiger partial charge in [-0.05, 0) is 36.1 Å². The van der Waals surface area contributed by atoms with Gasteiger partial charge in [0.15, 0.2) is 0 Å². The smallest absolute Gasteiger partial charge is 0.240 e. The zero-order valence-corrected chi connectivity index (χ0v) is 14.2. The number of rotatable bonds is 7. The van der Waals surface area contributed by atoms with E-state index in [9.17, 15) is 13.5 Å². The third kappa shape index (κ3) is 4.21. The second-order valence-electron chi connectivity index (χ2n) is 4.51. The Bertz CT molecular complexity index is 716. The average molecular weight is 362 g/mol. The number of methoxy groups -OCH3 is 1. The summed E-state index contributed by atoms with van der Waals surface area (Å²) in [6.07, 6.45) is -0.383. The van der Waals surface area contributed by atoms with E-state index in [1.54, 1.807) is 0 Å². The number of aliphatic hydroxyl groups is 1. The maximum atomic E-state index is 12.2. The Hall–Kier alpha value is -1.12. The summed E-state index contributed by atoms with van der Waals surface area (Å²) in [6.45, 7) is 0.130. The second kappa shape index (κ2) is 7.43. The highest BCUT2D eigenvalue weighted by atomic mass is 35.5. The number of thiophene rings is 1. The van der Waals surface area contributed by atoms with Crippen LogP contribution < -0.4 is 9.46 Å². The number of hydrogen-bond donors (Lipinski definition) is 2. The van der Waals surface area contributed by atoms with Crippen LogP contribution in [0.3, 0.4) is 0 Å². The van der Waals surface area contributed by atoms with Gasteiger partial charge in [0.1, 0.15) is 5.75 Å². The molecule has 0 aliphatic heterocycles. The van der Waals surface area contributed by atoms with Crippen molar-refractivity contribution in [2.75, 3.05) is 13.7 Å². The predicted octanol–water partition coefficient (Wildman–Crippen LogP) is 2.81. The first-order valence-electron chi connectivity index (χ1n) is 6.48. The molecule has 0 radical (unpaired) electrons. The van der Waals surface area contributed by atoms with E-state index >= 15 is 0 Å². The van der Waals surface area contributed by atoms with Crippen molar-refractivity contribution in [2.24, 2.45) is 0 Å². The molecule has 2 rings (SSSR count). The normalized spacial score (nSPS) is 13.0. The van der Waals surface area contributed by atoms with E-state index in [1.807, 2.05) is 17.5 Å². The van der Waals surface area contributed by atoms with E-state index in [-0.39, 0.29) is 16.5 Å². The molecular formula is C14H16ClNO4S2. The molecule has 1 atom stereocenters. The molecule has 1 aromatic carbocycles. The molecular weight excluding hydrogens is 346 g/mol.